The second-order valence-corrected chi connectivity index (χ2v) is 7.13. The van der Waals surface area contributed by atoms with E-state index in [0.717, 1.165) is 55.0 Å². The lowest BCUT2D eigenvalue weighted by Gasteiger charge is -2.23. The lowest BCUT2D eigenvalue weighted by molar-refractivity contribution is -0.118. The van der Waals surface area contributed by atoms with E-state index in [1.165, 1.54) is 0 Å². The molecule has 1 saturated carbocycles. The van der Waals surface area contributed by atoms with E-state index in [-0.39, 0.29) is 29.6 Å². The second kappa shape index (κ2) is 6.77. The smallest absolute Gasteiger partial charge is 0.228 e. The summed E-state index contributed by atoms with van der Waals surface area (Å²) in [5.74, 6) is 1.75. The van der Waals surface area contributed by atoms with E-state index < -0.39 is 0 Å². The molecule has 2 heterocycles. The molecule has 1 aliphatic heterocycles. The van der Waals surface area contributed by atoms with Crippen LogP contribution in [0.1, 0.15) is 30.7 Å². The van der Waals surface area contributed by atoms with Crippen molar-refractivity contribution in [2.24, 2.45) is 11.3 Å². The minimum absolute atomic E-state index is 0. The molecule has 134 valence electrons. The van der Waals surface area contributed by atoms with Crippen LogP contribution in [-0.2, 0) is 4.79 Å². The second-order valence-electron chi connectivity index (χ2n) is 7.13. The Morgan fingerprint density at radius 2 is 2.04 bits per heavy atom. The highest BCUT2D eigenvalue weighted by Gasteiger charge is 2.57. The molecule has 1 unspecified atom stereocenters. The number of amides is 1. The van der Waals surface area contributed by atoms with Crippen molar-refractivity contribution in [2.75, 3.05) is 18.4 Å². The largest absolute Gasteiger partial charge is 0.326 e. The van der Waals surface area contributed by atoms with Crippen LogP contribution in [0.3, 0.4) is 0 Å². The van der Waals surface area contributed by atoms with Gasteiger partial charge in [-0.1, -0.05) is 12.1 Å². The van der Waals surface area contributed by atoms with Crippen LogP contribution in [0.4, 0.5) is 5.69 Å². The first kappa shape index (κ1) is 17.9. The molecule has 1 aromatic carbocycles. The van der Waals surface area contributed by atoms with Gasteiger partial charge in [-0.15, -0.1) is 12.4 Å². The van der Waals surface area contributed by atoms with E-state index in [0.29, 0.717) is 5.82 Å². The Bertz CT molecular complexity index is 782. The van der Waals surface area contributed by atoms with Gasteiger partial charge >= 0.3 is 0 Å². The van der Waals surface area contributed by atoms with Crippen molar-refractivity contribution in [3.8, 4) is 11.4 Å². The molecule has 25 heavy (non-hydrogen) atoms. The van der Waals surface area contributed by atoms with Gasteiger partial charge in [0.15, 0.2) is 5.82 Å². The lowest BCUT2D eigenvalue weighted by Crippen LogP contribution is -2.31. The van der Waals surface area contributed by atoms with Gasteiger partial charge in [0.2, 0.25) is 5.91 Å². The van der Waals surface area contributed by atoms with Gasteiger partial charge in [0.25, 0.3) is 0 Å². The molecule has 1 amide bonds. The van der Waals surface area contributed by atoms with Crippen LogP contribution in [0.15, 0.2) is 18.2 Å². The Balaban J connectivity index is 0.00000182. The third-order valence-electron chi connectivity index (χ3n) is 5.46. The summed E-state index contributed by atoms with van der Waals surface area (Å²) in [5, 5.41) is 13.6. The molecular formula is C18H24ClN5O. The standard InChI is InChI=1S/C18H23N5O.ClH/c1-11-3-4-13(16-20-12(2)22-23-16)9-15(11)21-17(24)14-10-18(14)5-7-19-8-6-18;/h3-4,9,14,19H,5-8,10H2,1-2H3,(H,21,24)(H,20,22,23);1H. The molecule has 2 aromatic rings. The molecule has 1 aromatic heterocycles. The average molecular weight is 362 g/mol. The number of H-pyrrole nitrogens is 1. The fraction of sp³-hybridized carbons (Fsp3) is 0.500. The van der Waals surface area contributed by atoms with Gasteiger partial charge < -0.3 is 10.6 Å². The summed E-state index contributed by atoms with van der Waals surface area (Å²) >= 11 is 0. The van der Waals surface area contributed by atoms with Crippen molar-refractivity contribution in [3.05, 3.63) is 29.6 Å². The highest BCUT2D eigenvalue weighted by atomic mass is 35.5. The van der Waals surface area contributed by atoms with E-state index in [4.69, 9.17) is 0 Å². The van der Waals surface area contributed by atoms with Crippen LogP contribution in [0.25, 0.3) is 11.4 Å². The summed E-state index contributed by atoms with van der Waals surface area (Å²) in [5.41, 5.74) is 3.07. The number of aromatic amines is 1. The number of benzene rings is 1. The Morgan fingerprint density at radius 1 is 1.28 bits per heavy atom. The van der Waals surface area contributed by atoms with Crippen molar-refractivity contribution in [1.82, 2.24) is 20.5 Å². The van der Waals surface area contributed by atoms with Crippen molar-refractivity contribution in [3.63, 3.8) is 0 Å². The highest BCUT2D eigenvalue weighted by Crippen LogP contribution is 2.58. The molecular weight excluding hydrogens is 338 g/mol. The normalized spacial score (nSPS) is 20.8. The Morgan fingerprint density at radius 3 is 2.72 bits per heavy atom. The number of piperidine rings is 1. The van der Waals surface area contributed by atoms with Crippen LogP contribution >= 0.6 is 12.4 Å². The van der Waals surface area contributed by atoms with Gasteiger partial charge in [0.1, 0.15) is 5.82 Å². The molecule has 0 bridgehead atoms. The number of hydrogen-bond acceptors (Lipinski definition) is 4. The molecule has 1 atom stereocenters. The summed E-state index contributed by atoms with van der Waals surface area (Å²) in [7, 11) is 0. The third kappa shape index (κ3) is 3.41. The SMILES string of the molecule is Cc1nc(-c2ccc(C)c(NC(=O)C3CC34CCNCC4)c2)n[nH]1.Cl. The molecule has 1 aliphatic carbocycles. The molecule has 1 saturated heterocycles. The zero-order chi connectivity index (χ0) is 16.7. The van der Waals surface area contributed by atoms with Crippen molar-refractivity contribution in [1.29, 1.82) is 0 Å². The summed E-state index contributed by atoms with van der Waals surface area (Å²) in [6, 6.07) is 5.95. The lowest BCUT2D eigenvalue weighted by atomic mass is 9.91. The summed E-state index contributed by atoms with van der Waals surface area (Å²) in [6.07, 6.45) is 3.25. The van der Waals surface area contributed by atoms with E-state index in [9.17, 15) is 4.79 Å². The molecule has 7 heteroatoms. The number of halogens is 1. The molecule has 6 nitrogen and oxygen atoms in total. The van der Waals surface area contributed by atoms with Gasteiger partial charge in [-0.2, -0.15) is 5.10 Å². The number of aryl methyl sites for hydroxylation is 2. The predicted octanol–water partition coefficient (Wildman–Crippen LogP) is 2.84. The third-order valence-corrected chi connectivity index (χ3v) is 5.46. The first-order valence-electron chi connectivity index (χ1n) is 8.59. The first-order valence-corrected chi connectivity index (χ1v) is 8.59. The molecule has 4 rings (SSSR count). The Labute approximate surface area is 153 Å². The van der Waals surface area contributed by atoms with Gasteiger partial charge in [-0.05, 0) is 63.2 Å². The van der Waals surface area contributed by atoms with Gasteiger partial charge in [0.05, 0.1) is 0 Å². The number of nitrogens with one attached hydrogen (secondary N) is 3. The molecule has 2 fully saturated rings. The fourth-order valence-corrected chi connectivity index (χ4v) is 3.78. The van der Waals surface area contributed by atoms with Crippen molar-refractivity contribution >= 4 is 24.0 Å². The van der Waals surface area contributed by atoms with Gasteiger partial charge in [-0.3, -0.25) is 9.89 Å². The van der Waals surface area contributed by atoms with Crippen LogP contribution in [0.5, 0.6) is 0 Å². The van der Waals surface area contributed by atoms with Crippen LogP contribution in [0.2, 0.25) is 0 Å². The first-order chi connectivity index (χ1) is 11.6. The number of hydrogen-bond donors (Lipinski definition) is 3. The maximum absolute atomic E-state index is 12.7. The average Bonchev–Trinajstić information content (AvgIpc) is 3.08. The molecule has 3 N–H and O–H groups in total. The minimum atomic E-state index is 0. The molecule has 2 aliphatic rings. The quantitative estimate of drug-likeness (QED) is 0.785. The van der Waals surface area contributed by atoms with Crippen LogP contribution < -0.4 is 10.6 Å². The Hall–Kier alpha value is -1.92. The topological polar surface area (TPSA) is 82.7 Å². The van der Waals surface area contributed by atoms with E-state index in [1.807, 2.05) is 32.0 Å². The minimum Gasteiger partial charge on any atom is -0.326 e. The number of carbonyl (C=O) groups is 1. The van der Waals surface area contributed by atoms with E-state index >= 15 is 0 Å². The predicted molar refractivity (Wildman–Crippen MR) is 99.8 cm³/mol. The Kier molecular flexibility index (Phi) is 4.84. The maximum Gasteiger partial charge on any atom is 0.228 e. The number of anilines is 1. The van der Waals surface area contributed by atoms with Crippen molar-refractivity contribution in [2.45, 2.75) is 33.1 Å². The summed E-state index contributed by atoms with van der Waals surface area (Å²) in [6.45, 7) is 5.94. The summed E-state index contributed by atoms with van der Waals surface area (Å²) < 4.78 is 0. The summed E-state index contributed by atoms with van der Waals surface area (Å²) in [4.78, 5) is 17.0. The number of aromatic nitrogens is 3. The van der Waals surface area contributed by atoms with Gasteiger partial charge in [0, 0.05) is 17.2 Å². The van der Waals surface area contributed by atoms with Crippen molar-refractivity contribution < 1.29 is 4.79 Å². The fourth-order valence-electron chi connectivity index (χ4n) is 3.78. The van der Waals surface area contributed by atoms with E-state index in [1.54, 1.807) is 0 Å². The number of nitrogens with zero attached hydrogens (tertiary/aromatic N) is 2. The number of carbonyl (C=O) groups excluding carboxylic acids is 1. The van der Waals surface area contributed by atoms with Gasteiger partial charge in [-0.25, -0.2) is 4.98 Å². The van der Waals surface area contributed by atoms with E-state index in [2.05, 4.69) is 25.8 Å². The highest BCUT2D eigenvalue weighted by molar-refractivity contribution is 5.96. The zero-order valence-corrected chi connectivity index (χ0v) is 15.4. The molecule has 0 radical (unpaired) electrons. The zero-order valence-electron chi connectivity index (χ0n) is 14.6. The molecule has 1 spiro atoms. The maximum atomic E-state index is 12.7. The number of rotatable bonds is 3. The van der Waals surface area contributed by atoms with Crippen LogP contribution in [-0.4, -0.2) is 34.2 Å². The van der Waals surface area contributed by atoms with Crippen LogP contribution in [0, 0.1) is 25.2 Å². The monoisotopic (exact) mass is 361 g/mol.